The lowest BCUT2D eigenvalue weighted by molar-refractivity contribution is 0.492. The Morgan fingerprint density at radius 2 is 2.25 bits per heavy atom. The summed E-state index contributed by atoms with van der Waals surface area (Å²) in [4.78, 5) is 3.07. The van der Waals surface area contributed by atoms with Gasteiger partial charge in [0.1, 0.15) is 5.82 Å². The molecule has 1 heterocycles. The second kappa shape index (κ2) is 3.42. The molecule has 0 radical (unpaired) electrons. The number of aromatic amines is 1. The first-order valence-corrected chi connectivity index (χ1v) is 5.97. The predicted octanol–water partition coefficient (Wildman–Crippen LogP) is 3.81. The maximum atomic E-state index is 13.1. The van der Waals surface area contributed by atoms with Crippen LogP contribution < -0.4 is 0 Å². The van der Waals surface area contributed by atoms with Crippen molar-refractivity contribution in [2.24, 2.45) is 5.92 Å². The molecule has 1 fully saturated rings. The van der Waals surface area contributed by atoms with E-state index in [4.69, 9.17) is 12.2 Å². The van der Waals surface area contributed by atoms with Gasteiger partial charge in [0.25, 0.3) is 0 Å². The number of rotatable bonds is 2. The molecule has 1 aliphatic carbocycles. The standard InChI is InChI=1S/C12H13FN2S/c1-7(8-2-3-8)15-11-5-4-9(13)6-10(11)14-12(15)16/h4-8H,2-3H2,1H3,(H,14,16). The van der Waals surface area contributed by atoms with Gasteiger partial charge in [-0.15, -0.1) is 0 Å². The van der Waals surface area contributed by atoms with Crippen LogP contribution in [0.15, 0.2) is 18.2 Å². The average Bonchev–Trinajstić information content (AvgIpc) is 3.01. The highest BCUT2D eigenvalue weighted by Crippen LogP contribution is 2.40. The van der Waals surface area contributed by atoms with Crippen LogP contribution in [0.1, 0.15) is 25.8 Å². The monoisotopic (exact) mass is 236 g/mol. The van der Waals surface area contributed by atoms with Gasteiger partial charge in [-0.1, -0.05) is 0 Å². The van der Waals surface area contributed by atoms with E-state index in [1.165, 1.54) is 25.0 Å². The van der Waals surface area contributed by atoms with Gasteiger partial charge in [-0.05, 0) is 56.1 Å². The van der Waals surface area contributed by atoms with Crippen molar-refractivity contribution in [3.05, 3.63) is 28.8 Å². The fourth-order valence-electron chi connectivity index (χ4n) is 2.30. The van der Waals surface area contributed by atoms with Crippen molar-refractivity contribution in [1.82, 2.24) is 9.55 Å². The van der Waals surface area contributed by atoms with Crippen LogP contribution in [0.5, 0.6) is 0 Å². The van der Waals surface area contributed by atoms with Crippen molar-refractivity contribution in [3.8, 4) is 0 Å². The van der Waals surface area contributed by atoms with E-state index in [1.54, 1.807) is 6.07 Å². The van der Waals surface area contributed by atoms with Crippen LogP contribution in [0.25, 0.3) is 11.0 Å². The Bertz CT molecular complexity index is 595. The molecule has 0 spiro atoms. The van der Waals surface area contributed by atoms with E-state index in [1.807, 2.05) is 0 Å². The summed E-state index contributed by atoms with van der Waals surface area (Å²) in [7, 11) is 0. The van der Waals surface area contributed by atoms with Crippen LogP contribution in [-0.2, 0) is 0 Å². The molecule has 1 atom stereocenters. The third-order valence-electron chi connectivity index (χ3n) is 3.39. The van der Waals surface area contributed by atoms with Crippen LogP contribution in [0.3, 0.4) is 0 Å². The fraction of sp³-hybridized carbons (Fsp3) is 0.417. The molecule has 4 heteroatoms. The Kier molecular flexibility index (Phi) is 2.14. The topological polar surface area (TPSA) is 20.7 Å². The summed E-state index contributed by atoms with van der Waals surface area (Å²) in [5.41, 5.74) is 1.79. The molecule has 0 amide bonds. The highest BCUT2D eigenvalue weighted by molar-refractivity contribution is 7.71. The molecule has 1 N–H and O–H groups in total. The van der Waals surface area contributed by atoms with Gasteiger partial charge in [0.15, 0.2) is 4.77 Å². The Morgan fingerprint density at radius 3 is 2.94 bits per heavy atom. The number of fused-ring (bicyclic) bond motifs is 1. The zero-order chi connectivity index (χ0) is 11.3. The highest BCUT2D eigenvalue weighted by atomic mass is 32.1. The maximum Gasteiger partial charge on any atom is 0.178 e. The van der Waals surface area contributed by atoms with Crippen LogP contribution in [-0.4, -0.2) is 9.55 Å². The van der Waals surface area contributed by atoms with Crippen LogP contribution in [0, 0.1) is 16.5 Å². The minimum Gasteiger partial charge on any atom is -0.330 e. The molecule has 3 rings (SSSR count). The van der Waals surface area contributed by atoms with E-state index in [0.717, 1.165) is 17.0 Å². The molecule has 0 saturated heterocycles. The third-order valence-corrected chi connectivity index (χ3v) is 3.69. The second-order valence-electron chi connectivity index (χ2n) is 4.54. The molecule has 0 bridgehead atoms. The first-order chi connectivity index (χ1) is 7.66. The van der Waals surface area contributed by atoms with E-state index in [-0.39, 0.29) is 5.82 Å². The number of nitrogens with zero attached hydrogens (tertiary/aromatic N) is 1. The Labute approximate surface area is 98.1 Å². The van der Waals surface area contributed by atoms with Crippen LogP contribution >= 0.6 is 12.2 Å². The average molecular weight is 236 g/mol. The largest absolute Gasteiger partial charge is 0.330 e. The molecule has 1 aromatic carbocycles. The second-order valence-corrected chi connectivity index (χ2v) is 4.93. The normalized spacial score (nSPS) is 17.9. The van der Waals surface area contributed by atoms with Crippen molar-refractivity contribution >= 4 is 23.3 Å². The Balaban J connectivity index is 2.22. The SMILES string of the molecule is CC(C1CC1)n1c(=S)[nH]c2cc(F)ccc21. The summed E-state index contributed by atoms with van der Waals surface area (Å²) in [5.74, 6) is 0.505. The van der Waals surface area contributed by atoms with Crippen LogP contribution in [0.4, 0.5) is 4.39 Å². The van der Waals surface area contributed by atoms with Gasteiger partial charge < -0.3 is 9.55 Å². The molecular formula is C12H13FN2S. The quantitative estimate of drug-likeness (QED) is 0.786. The summed E-state index contributed by atoms with van der Waals surface area (Å²) in [5, 5.41) is 0. The van der Waals surface area contributed by atoms with Gasteiger partial charge in [0, 0.05) is 6.04 Å². The van der Waals surface area contributed by atoms with Gasteiger partial charge >= 0.3 is 0 Å². The van der Waals surface area contributed by atoms with Gasteiger partial charge in [-0.2, -0.15) is 0 Å². The van der Waals surface area contributed by atoms with E-state index >= 15 is 0 Å². The molecule has 84 valence electrons. The molecule has 1 unspecified atom stereocenters. The molecule has 0 aliphatic heterocycles. The van der Waals surface area contributed by atoms with Crippen LogP contribution in [0.2, 0.25) is 0 Å². The minimum absolute atomic E-state index is 0.227. The number of hydrogen-bond donors (Lipinski definition) is 1. The number of aromatic nitrogens is 2. The molecule has 1 aliphatic rings. The van der Waals surface area contributed by atoms with E-state index in [9.17, 15) is 4.39 Å². The number of nitrogens with one attached hydrogen (secondary N) is 1. The number of H-pyrrole nitrogens is 1. The van der Waals surface area contributed by atoms with Gasteiger partial charge in [-0.3, -0.25) is 0 Å². The summed E-state index contributed by atoms with van der Waals surface area (Å²) < 4.78 is 15.9. The number of hydrogen-bond acceptors (Lipinski definition) is 1. The molecule has 16 heavy (non-hydrogen) atoms. The molecule has 1 saturated carbocycles. The van der Waals surface area contributed by atoms with Crippen molar-refractivity contribution in [2.45, 2.75) is 25.8 Å². The van der Waals surface area contributed by atoms with E-state index < -0.39 is 0 Å². The van der Waals surface area contributed by atoms with Crippen molar-refractivity contribution < 1.29 is 4.39 Å². The van der Waals surface area contributed by atoms with Gasteiger partial charge in [0.2, 0.25) is 0 Å². The fourth-order valence-corrected chi connectivity index (χ4v) is 2.67. The van der Waals surface area contributed by atoms with E-state index in [0.29, 0.717) is 10.8 Å². The van der Waals surface area contributed by atoms with Crippen molar-refractivity contribution in [3.63, 3.8) is 0 Å². The molecule has 1 aromatic heterocycles. The number of benzene rings is 1. The molecule has 2 nitrogen and oxygen atoms in total. The number of halogens is 1. The van der Waals surface area contributed by atoms with Crippen molar-refractivity contribution in [1.29, 1.82) is 0 Å². The Hall–Kier alpha value is -1.16. The summed E-state index contributed by atoms with van der Waals surface area (Å²) in [6.45, 7) is 2.18. The van der Waals surface area contributed by atoms with E-state index in [2.05, 4.69) is 16.5 Å². The first-order valence-electron chi connectivity index (χ1n) is 5.56. The zero-order valence-electron chi connectivity index (χ0n) is 9.03. The Morgan fingerprint density at radius 1 is 1.50 bits per heavy atom. The smallest absolute Gasteiger partial charge is 0.178 e. The molecule has 2 aromatic rings. The lowest BCUT2D eigenvalue weighted by Gasteiger charge is -2.13. The molecular weight excluding hydrogens is 223 g/mol. The van der Waals surface area contributed by atoms with Crippen molar-refractivity contribution in [2.75, 3.05) is 0 Å². The zero-order valence-corrected chi connectivity index (χ0v) is 9.85. The summed E-state index contributed by atoms with van der Waals surface area (Å²) in [6.07, 6.45) is 2.55. The lowest BCUT2D eigenvalue weighted by atomic mass is 10.2. The number of imidazole rings is 1. The maximum absolute atomic E-state index is 13.1. The first kappa shape index (κ1) is 10.0. The predicted molar refractivity (Wildman–Crippen MR) is 64.5 cm³/mol. The summed E-state index contributed by atoms with van der Waals surface area (Å²) >= 11 is 5.30. The third kappa shape index (κ3) is 1.48. The van der Waals surface area contributed by atoms with Gasteiger partial charge in [-0.25, -0.2) is 4.39 Å². The lowest BCUT2D eigenvalue weighted by Crippen LogP contribution is -2.06. The summed E-state index contributed by atoms with van der Waals surface area (Å²) in [6, 6.07) is 5.20. The highest BCUT2D eigenvalue weighted by Gasteiger charge is 2.30. The minimum atomic E-state index is -0.227. The van der Waals surface area contributed by atoms with Gasteiger partial charge in [0.05, 0.1) is 11.0 Å².